The van der Waals surface area contributed by atoms with Crippen LogP contribution in [0.25, 0.3) is 0 Å². The van der Waals surface area contributed by atoms with Crippen LogP contribution in [0.15, 0.2) is 0 Å². The second-order valence-electron chi connectivity index (χ2n) is 6.04. The van der Waals surface area contributed by atoms with Gasteiger partial charge < -0.3 is 15.2 Å². The minimum absolute atomic E-state index is 0.0139. The van der Waals surface area contributed by atoms with Gasteiger partial charge in [-0.1, -0.05) is 0 Å². The highest BCUT2D eigenvalue weighted by atomic mass is 16.5. The number of aliphatic hydroxyl groups is 1. The van der Waals surface area contributed by atoms with Gasteiger partial charge in [0.05, 0.1) is 25.3 Å². The molecule has 2 N–H and O–H groups in total. The smallest absolute Gasteiger partial charge is 0.0865 e. The lowest BCUT2D eigenvalue weighted by Crippen LogP contribution is -2.41. The van der Waals surface area contributed by atoms with Crippen LogP contribution in [0.3, 0.4) is 0 Å². The van der Waals surface area contributed by atoms with Crippen LogP contribution in [0, 0.1) is 23.2 Å². The minimum atomic E-state index is -0.0139. The van der Waals surface area contributed by atoms with Crippen molar-refractivity contribution in [1.82, 2.24) is 10.2 Å². The Labute approximate surface area is 121 Å². The third-order valence-electron chi connectivity index (χ3n) is 4.59. The van der Waals surface area contributed by atoms with E-state index in [1.807, 2.05) is 0 Å². The maximum absolute atomic E-state index is 9.52. The molecule has 2 aliphatic heterocycles. The van der Waals surface area contributed by atoms with Gasteiger partial charge in [-0.2, -0.15) is 5.26 Å². The molecule has 2 atom stereocenters. The van der Waals surface area contributed by atoms with Gasteiger partial charge in [-0.25, -0.2) is 0 Å². The molecule has 0 saturated carbocycles. The summed E-state index contributed by atoms with van der Waals surface area (Å²) in [6, 6.07) is 2.21. The number of nitrogens with one attached hydrogen (secondary N) is 1. The van der Waals surface area contributed by atoms with Gasteiger partial charge in [0.15, 0.2) is 0 Å². The number of aliphatic hydroxyl groups excluding tert-OH is 1. The fourth-order valence-electron chi connectivity index (χ4n) is 3.20. The van der Waals surface area contributed by atoms with Crippen LogP contribution in [0.4, 0.5) is 0 Å². The predicted molar refractivity (Wildman–Crippen MR) is 77.2 cm³/mol. The fourth-order valence-corrected chi connectivity index (χ4v) is 3.20. The van der Waals surface area contributed by atoms with E-state index in [-0.39, 0.29) is 12.7 Å². The van der Waals surface area contributed by atoms with Crippen molar-refractivity contribution in [1.29, 1.82) is 5.26 Å². The van der Waals surface area contributed by atoms with Crippen molar-refractivity contribution in [3.8, 4) is 6.07 Å². The molecule has 0 aliphatic carbocycles. The molecular formula is C15H27N3O2. The van der Waals surface area contributed by atoms with Crippen LogP contribution in [0.5, 0.6) is 0 Å². The van der Waals surface area contributed by atoms with E-state index >= 15 is 0 Å². The third-order valence-corrected chi connectivity index (χ3v) is 4.59. The first-order valence-corrected chi connectivity index (χ1v) is 7.86. The molecule has 114 valence electrons. The summed E-state index contributed by atoms with van der Waals surface area (Å²) in [6.45, 7) is 5.47. The molecule has 20 heavy (non-hydrogen) atoms. The summed E-state index contributed by atoms with van der Waals surface area (Å²) in [4.78, 5) is 2.20. The molecule has 0 aromatic carbocycles. The Kier molecular flexibility index (Phi) is 6.74. The number of nitriles is 1. The maximum Gasteiger partial charge on any atom is 0.0865 e. The average molecular weight is 281 g/mol. The first-order chi connectivity index (χ1) is 9.83. The van der Waals surface area contributed by atoms with E-state index in [1.54, 1.807) is 0 Å². The van der Waals surface area contributed by atoms with E-state index in [0.29, 0.717) is 18.4 Å². The maximum atomic E-state index is 9.52. The normalized spacial score (nSPS) is 27.1. The van der Waals surface area contributed by atoms with E-state index < -0.39 is 0 Å². The summed E-state index contributed by atoms with van der Waals surface area (Å²) in [6.07, 6.45) is 4.52. The van der Waals surface area contributed by atoms with E-state index in [1.165, 1.54) is 6.42 Å². The largest absolute Gasteiger partial charge is 0.394 e. The Morgan fingerprint density at radius 3 is 2.75 bits per heavy atom. The van der Waals surface area contributed by atoms with Crippen molar-refractivity contribution in [3.63, 3.8) is 0 Å². The molecular weight excluding hydrogens is 254 g/mol. The molecule has 0 radical (unpaired) electrons. The molecule has 0 aromatic rings. The molecule has 0 bridgehead atoms. The summed E-state index contributed by atoms with van der Waals surface area (Å²) in [5, 5.41) is 21.6. The number of rotatable bonds is 6. The topological polar surface area (TPSA) is 68.5 Å². The molecule has 0 spiro atoms. The summed E-state index contributed by atoms with van der Waals surface area (Å²) < 4.78 is 5.99. The molecule has 5 nitrogen and oxygen atoms in total. The van der Waals surface area contributed by atoms with Gasteiger partial charge in [-0.05, 0) is 57.2 Å². The Hall–Kier alpha value is -0.670. The Morgan fingerprint density at radius 1 is 1.35 bits per heavy atom. The van der Waals surface area contributed by atoms with Crippen molar-refractivity contribution in [3.05, 3.63) is 0 Å². The number of hydrogen-bond acceptors (Lipinski definition) is 5. The quantitative estimate of drug-likeness (QED) is 0.698. The van der Waals surface area contributed by atoms with Gasteiger partial charge in [0.1, 0.15) is 0 Å². The molecule has 2 saturated heterocycles. The van der Waals surface area contributed by atoms with E-state index in [0.717, 1.165) is 52.0 Å². The second-order valence-corrected chi connectivity index (χ2v) is 6.04. The highest BCUT2D eigenvalue weighted by molar-refractivity contribution is 4.81. The number of likely N-dealkylation sites (tertiary alicyclic amines) is 1. The lowest BCUT2D eigenvalue weighted by Gasteiger charge is -2.33. The minimum Gasteiger partial charge on any atom is -0.394 e. The zero-order chi connectivity index (χ0) is 14.2. The van der Waals surface area contributed by atoms with Crippen LogP contribution < -0.4 is 5.32 Å². The third kappa shape index (κ3) is 4.71. The summed E-state index contributed by atoms with van der Waals surface area (Å²) >= 11 is 0. The first-order valence-electron chi connectivity index (χ1n) is 7.86. The molecule has 2 fully saturated rings. The Balaban J connectivity index is 1.67. The molecule has 2 rings (SSSR count). The molecule has 0 aromatic heterocycles. The molecule has 2 unspecified atom stereocenters. The Bertz CT molecular complexity index is 305. The van der Waals surface area contributed by atoms with Gasteiger partial charge in [0.25, 0.3) is 0 Å². The lowest BCUT2D eigenvalue weighted by atomic mass is 9.93. The van der Waals surface area contributed by atoms with Gasteiger partial charge in [-0.15, -0.1) is 0 Å². The van der Waals surface area contributed by atoms with Crippen molar-refractivity contribution in [2.45, 2.75) is 31.8 Å². The number of ether oxygens (including phenoxy) is 1. The van der Waals surface area contributed by atoms with Gasteiger partial charge in [0, 0.05) is 13.2 Å². The van der Waals surface area contributed by atoms with E-state index in [2.05, 4.69) is 16.3 Å². The van der Waals surface area contributed by atoms with Crippen LogP contribution in [0.1, 0.15) is 25.7 Å². The summed E-state index contributed by atoms with van der Waals surface area (Å²) in [7, 11) is 0. The predicted octanol–water partition coefficient (Wildman–Crippen LogP) is 0.599. The Morgan fingerprint density at radius 2 is 2.15 bits per heavy atom. The first kappa shape index (κ1) is 15.7. The molecule has 2 aliphatic rings. The van der Waals surface area contributed by atoms with Crippen LogP contribution in [-0.4, -0.2) is 62.0 Å². The molecule has 0 amide bonds. The zero-order valence-electron chi connectivity index (χ0n) is 12.3. The van der Waals surface area contributed by atoms with Crippen molar-refractivity contribution in [2.75, 3.05) is 45.9 Å². The van der Waals surface area contributed by atoms with Crippen molar-refractivity contribution in [2.24, 2.45) is 11.8 Å². The zero-order valence-corrected chi connectivity index (χ0v) is 12.3. The SMILES string of the molecule is N#CCN1CCC(COC(CO)C2CCCNC2)CC1. The lowest BCUT2D eigenvalue weighted by molar-refractivity contribution is -0.0492. The average Bonchev–Trinajstić information content (AvgIpc) is 2.51. The number of nitrogens with zero attached hydrogens (tertiary/aromatic N) is 2. The molecule has 2 heterocycles. The highest BCUT2D eigenvalue weighted by Crippen LogP contribution is 2.21. The summed E-state index contributed by atoms with van der Waals surface area (Å²) in [5.74, 6) is 1.03. The fraction of sp³-hybridized carbons (Fsp3) is 0.933. The second kappa shape index (κ2) is 8.58. The standard InChI is InChI=1S/C15H27N3O2/c16-5-9-18-7-3-13(4-8-18)12-20-15(11-19)14-2-1-6-17-10-14/h13-15,17,19H,1-4,6-12H2. The van der Waals surface area contributed by atoms with E-state index in [9.17, 15) is 5.11 Å². The van der Waals surface area contributed by atoms with E-state index in [4.69, 9.17) is 10.00 Å². The molecule has 5 heteroatoms. The van der Waals surface area contributed by atoms with Crippen LogP contribution in [-0.2, 0) is 4.74 Å². The van der Waals surface area contributed by atoms with Crippen LogP contribution in [0.2, 0.25) is 0 Å². The van der Waals surface area contributed by atoms with Gasteiger partial charge in [0.2, 0.25) is 0 Å². The number of piperidine rings is 2. The summed E-state index contributed by atoms with van der Waals surface area (Å²) in [5.41, 5.74) is 0. The monoisotopic (exact) mass is 281 g/mol. The van der Waals surface area contributed by atoms with Crippen molar-refractivity contribution < 1.29 is 9.84 Å². The van der Waals surface area contributed by atoms with Gasteiger partial charge in [-0.3, -0.25) is 4.90 Å². The van der Waals surface area contributed by atoms with Gasteiger partial charge >= 0.3 is 0 Å². The van der Waals surface area contributed by atoms with Crippen molar-refractivity contribution >= 4 is 0 Å². The number of hydrogen-bond donors (Lipinski definition) is 2. The van der Waals surface area contributed by atoms with Crippen LogP contribution >= 0.6 is 0 Å². The highest BCUT2D eigenvalue weighted by Gasteiger charge is 2.26.